The van der Waals surface area contributed by atoms with Crippen LogP contribution in [-0.2, 0) is 0 Å². The number of hydrogen-bond acceptors (Lipinski definition) is 15. The van der Waals surface area contributed by atoms with Crippen molar-refractivity contribution < 1.29 is 86.5 Å². The van der Waals surface area contributed by atoms with Gasteiger partial charge in [-0.25, -0.2) is 0 Å². The van der Waals surface area contributed by atoms with Gasteiger partial charge in [0.2, 0.25) is 0 Å². The normalized spacial score (nSPS) is 16.2. The SMILES string of the molecule is NCCCC[C@H]1CNC(=O)c2ccc(c(=S)n2O)C(=O)NCCCN(C(=O)c2cccc(=O)n2O)CCCCN(C(=O)c2cccc(=O)n2O)CCCNC(=O)c2ccc(n(O)c2=S)C(=O)N1.[Lu]. The maximum atomic E-state index is 13.7. The van der Waals surface area contributed by atoms with Crippen LogP contribution in [0.3, 0.4) is 0 Å². The molecule has 0 spiro atoms. The summed E-state index contributed by atoms with van der Waals surface area (Å²) in [6, 6.07) is 11.4. The molecule has 1 radical (unpaired) electrons. The van der Waals surface area contributed by atoms with Gasteiger partial charge in [-0.15, -0.1) is 9.46 Å². The molecule has 4 aromatic heterocycles. The van der Waals surface area contributed by atoms with Gasteiger partial charge in [0.25, 0.3) is 46.6 Å². The largest absolute Gasteiger partial charge is 0.427 e. The number of carbonyl (C=O) groups is 6. The van der Waals surface area contributed by atoms with Gasteiger partial charge in [-0.3, -0.25) is 38.4 Å². The van der Waals surface area contributed by atoms with Gasteiger partial charge in [-0.2, -0.15) is 9.46 Å². The predicted octanol–water partition coefficient (Wildman–Crippen LogP) is 0.997. The van der Waals surface area contributed by atoms with E-state index in [4.69, 9.17) is 30.2 Å². The fourth-order valence-electron chi connectivity index (χ4n) is 7.05. The molecule has 7 heterocycles. The van der Waals surface area contributed by atoms with Crippen molar-refractivity contribution >= 4 is 59.9 Å². The molecule has 373 valence electrons. The van der Waals surface area contributed by atoms with Crippen LogP contribution >= 0.6 is 24.4 Å². The summed E-state index contributed by atoms with van der Waals surface area (Å²) in [7, 11) is 0. The van der Waals surface area contributed by atoms with E-state index in [-0.39, 0.29) is 152 Å². The van der Waals surface area contributed by atoms with Crippen LogP contribution in [-0.4, -0.2) is 143 Å². The minimum atomic E-state index is -0.847. The molecule has 26 heteroatoms. The van der Waals surface area contributed by atoms with Crippen molar-refractivity contribution in [3.8, 4) is 0 Å². The smallest absolute Gasteiger partial charge is 0.283 e. The summed E-state index contributed by atoms with van der Waals surface area (Å²) in [5, 5.41) is 53.3. The predicted molar refractivity (Wildman–Crippen MR) is 242 cm³/mol. The molecule has 3 aliphatic rings. The Morgan fingerprint density at radius 2 is 1.01 bits per heavy atom. The summed E-state index contributed by atoms with van der Waals surface area (Å²) in [6.07, 6.45) is 2.27. The number of aromatic nitrogens is 4. The van der Waals surface area contributed by atoms with Gasteiger partial charge in [0.1, 0.15) is 22.8 Å². The van der Waals surface area contributed by atoms with E-state index in [0.717, 1.165) is 12.1 Å². The molecule has 7 rings (SSSR count). The van der Waals surface area contributed by atoms with Crippen molar-refractivity contribution in [3.05, 3.63) is 125 Å². The minimum Gasteiger partial charge on any atom is -0.427 e. The second-order valence-electron chi connectivity index (χ2n) is 15.3. The minimum absolute atomic E-state index is 0. The Bertz CT molecular complexity index is 2760. The van der Waals surface area contributed by atoms with Crippen molar-refractivity contribution in [2.75, 3.05) is 52.4 Å². The number of fused-ring (bicyclic) bond motifs is 2. The molecular formula is C42H51LuN11O12S2. The fraction of sp³-hybridized carbons (Fsp3) is 0.381. The van der Waals surface area contributed by atoms with Crippen LogP contribution in [0, 0.1) is 46.2 Å². The van der Waals surface area contributed by atoms with Crippen molar-refractivity contribution in [1.29, 1.82) is 0 Å². The summed E-state index contributed by atoms with van der Waals surface area (Å²) in [6.45, 7) is 0.244. The Balaban J connectivity index is 0.0000101. The van der Waals surface area contributed by atoms with E-state index in [0.29, 0.717) is 35.3 Å². The summed E-state index contributed by atoms with van der Waals surface area (Å²) >= 11 is 10.6. The van der Waals surface area contributed by atoms with Crippen LogP contribution in [0.4, 0.5) is 0 Å². The molecule has 0 aromatic carbocycles. The first kappa shape index (κ1) is 54.5. The third-order valence-electron chi connectivity index (χ3n) is 10.7. The van der Waals surface area contributed by atoms with E-state index in [1.165, 1.54) is 58.3 Å². The number of pyridine rings is 4. The van der Waals surface area contributed by atoms with E-state index in [2.05, 4.69) is 21.3 Å². The van der Waals surface area contributed by atoms with Crippen molar-refractivity contribution in [1.82, 2.24) is 50.0 Å². The van der Waals surface area contributed by atoms with Crippen molar-refractivity contribution in [2.24, 2.45) is 5.73 Å². The Kier molecular flexibility index (Phi) is 20.7. The van der Waals surface area contributed by atoms with Gasteiger partial charge in [-0.05, 0) is 81.5 Å². The molecule has 0 unspecified atom stereocenters. The van der Waals surface area contributed by atoms with Crippen LogP contribution in [0.2, 0.25) is 0 Å². The molecule has 3 aliphatic heterocycles. The van der Waals surface area contributed by atoms with Crippen LogP contribution < -0.4 is 38.1 Å². The van der Waals surface area contributed by atoms with Gasteiger partial charge in [0, 0.05) is 101 Å². The number of nitrogens with one attached hydrogen (secondary N) is 4. The maximum Gasteiger partial charge on any atom is 0.283 e. The average molecular weight is 1140 g/mol. The van der Waals surface area contributed by atoms with Crippen LogP contribution in [0.15, 0.2) is 70.3 Å². The van der Waals surface area contributed by atoms with Crippen LogP contribution in [0.5, 0.6) is 0 Å². The first-order valence-corrected chi connectivity index (χ1v) is 22.0. The molecule has 4 aromatic rings. The summed E-state index contributed by atoms with van der Waals surface area (Å²) in [5.74, 6) is -4.45. The molecule has 6 amide bonds. The van der Waals surface area contributed by atoms with Crippen LogP contribution in [0.25, 0.3) is 0 Å². The number of rotatable bonds is 6. The topological polar surface area (TPSA) is 318 Å². The number of nitrogens with zero attached hydrogens (tertiary/aromatic N) is 6. The molecule has 0 saturated carbocycles. The molecule has 10 N–H and O–H groups in total. The molecule has 23 nitrogen and oxygen atoms in total. The number of amides is 6. The number of hydrogen-bond donors (Lipinski definition) is 9. The molecular weight excluding hydrogens is 1090 g/mol. The van der Waals surface area contributed by atoms with E-state index < -0.39 is 61.9 Å². The zero-order valence-corrected chi connectivity index (χ0v) is 39.6. The Morgan fingerprint density at radius 3 is 1.47 bits per heavy atom. The molecule has 0 fully saturated rings. The van der Waals surface area contributed by atoms with Crippen molar-refractivity contribution in [3.63, 3.8) is 0 Å². The Morgan fingerprint density at radius 1 is 0.574 bits per heavy atom. The van der Waals surface area contributed by atoms with Crippen molar-refractivity contribution in [2.45, 2.75) is 51.0 Å². The second-order valence-corrected chi connectivity index (χ2v) is 16.1. The first-order chi connectivity index (χ1) is 32.0. The molecule has 68 heavy (non-hydrogen) atoms. The van der Waals surface area contributed by atoms with E-state index >= 15 is 0 Å². The van der Waals surface area contributed by atoms with Gasteiger partial charge < -0.3 is 57.6 Å². The third kappa shape index (κ3) is 13.7. The van der Waals surface area contributed by atoms with Gasteiger partial charge in [0.05, 0.1) is 11.1 Å². The first-order valence-electron chi connectivity index (χ1n) is 21.2. The Hall–Kier alpha value is -6.15. The molecule has 0 saturated heterocycles. The zero-order chi connectivity index (χ0) is 48.8. The molecule has 4 bridgehead atoms. The van der Waals surface area contributed by atoms with Gasteiger partial charge in [0.15, 0.2) is 9.28 Å². The van der Waals surface area contributed by atoms with Gasteiger partial charge in [-0.1, -0.05) is 43.0 Å². The zero-order valence-electron chi connectivity index (χ0n) is 36.3. The van der Waals surface area contributed by atoms with E-state index in [1.807, 2.05) is 0 Å². The van der Waals surface area contributed by atoms with E-state index in [1.54, 1.807) is 0 Å². The van der Waals surface area contributed by atoms with Crippen LogP contribution in [0.1, 0.15) is 108 Å². The maximum absolute atomic E-state index is 13.7. The molecule has 1 atom stereocenters. The monoisotopic (exact) mass is 1140 g/mol. The summed E-state index contributed by atoms with van der Waals surface area (Å²) < 4.78 is 0.369. The van der Waals surface area contributed by atoms with E-state index in [9.17, 15) is 59.2 Å². The summed E-state index contributed by atoms with van der Waals surface area (Å²) in [5.41, 5.74) is 2.35. The summed E-state index contributed by atoms with van der Waals surface area (Å²) in [4.78, 5) is 108. The standard InChI is InChI=1S/C42H51N11O12S2.Lu/c43-18-2-1-9-26-25-46-37(58)29-16-14-27(41(66)52(29)64)35(56)44-19-7-23-48(39(60)31-10-5-12-33(54)50(31)62)21-3-4-22-49(40(61)32-11-6-13-34(55)51(32)63)24-8-20-45-36(57)28-15-17-30(38(59)47-26)53(65)42(28)67;/h5-6,10-17,26,62-65H,1-4,7-9,18-25,43H2,(H,44,56)(H,45,57)(H,46,58)(H,47,59);/t26-;/m0./s1. The number of nitrogens with two attached hydrogens (primary N) is 1. The third-order valence-corrected chi connectivity index (χ3v) is 11.5. The quantitative estimate of drug-likeness (QED) is 0.0739. The number of carbonyl (C=O) groups excluding carboxylic acids is 6. The second kappa shape index (κ2) is 25.8. The number of unbranched alkanes of at least 4 members (excludes halogenated alkanes) is 1. The fourth-order valence-corrected chi connectivity index (χ4v) is 7.57. The Labute approximate surface area is 427 Å². The average Bonchev–Trinajstić information content (AvgIpc) is 3.30. The van der Waals surface area contributed by atoms with Gasteiger partial charge >= 0.3 is 0 Å². The molecule has 0 aliphatic carbocycles.